The van der Waals surface area contributed by atoms with Crippen LogP contribution in [0.1, 0.15) is 40.1 Å². The lowest BCUT2D eigenvalue weighted by molar-refractivity contribution is -0.179. The Morgan fingerprint density at radius 3 is 2.07 bits per heavy atom. The van der Waals surface area contributed by atoms with Crippen LogP contribution in [0.3, 0.4) is 0 Å². The van der Waals surface area contributed by atoms with Crippen LogP contribution in [0.15, 0.2) is 6.07 Å². The van der Waals surface area contributed by atoms with E-state index < -0.39 is 17.7 Å². The van der Waals surface area contributed by atoms with Gasteiger partial charge in [-0.15, -0.1) is 11.3 Å². The van der Waals surface area contributed by atoms with Gasteiger partial charge in [-0.05, 0) is 40.9 Å². The Balaban J connectivity index is 0.000000713. The Bertz CT molecular complexity index is 619. The number of rotatable bonds is 6. The fraction of sp³-hybridized carbons (Fsp3) is 0.588. The molecular formula is C17H28N2O7S. The molecule has 0 unspecified atom stereocenters. The van der Waals surface area contributed by atoms with Crippen molar-refractivity contribution in [3.8, 4) is 0 Å². The number of carbonyl (C=O) groups is 3. The molecule has 27 heavy (non-hydrogen) atoms. The van der Waals surface area contributed by atoms with Crippen LogP contribution in [0.2, 0.25) is 0 Å². The SMILES string of the molecule is COC(=O)c1sc(C=O)cc1NC(=O)OC(C)(C)C.COC(OC)N(C)C. The van der Waals surface area contributed by atoms with Crippen molar-refractivity contribution >= 4 is 35.4 Å². The van der Waals surface area contributed by atoms with E-state index in [0.29, 0.717) is 11.2 Å². The molecule has 0 aliphatic heterocycles. The molecule has 0 spiro atoms. The average molecular weight is 404 g/mol. The molecule has 1 aromatic heterocycles. The zero-order valence-electron chi connectivity index (χ0n) is 16.9. The van der Waals surface area contributed by atoms with Gasteiger partial charge in [0.05, 0.1) is 17.7 Å². The van der Waals surface area contributed by atoms with Crippen LogP contribution in [0.25, 0.3) is 0 Å². The van der Waals surface area contributed by atoms with Gasteiger partial charge < -0.3 is 18.9 Å². The molecule has 0 radical (unpaired) electrons. The number of amides is 1. The number of hydrogen-bond acceptors (Lipinski definition) is 9. The third-order valence-corrected chi connectivity index (χ3v) is 3.74. The Kier molecular flexibility index (Phi) is 10.8. The van der Waals surface area contributed by atoms with Crippen LogP contribution in [-0.4, -0.2) is 70.7 Å². The van der Waals surface area contributed by atoms with Gasteiger partial charge >= 0.3 is 12.1 Å². The van der Waals surface area contributed by atoms with Gasteiger partial charge in [0.25, 0.3) is 0 Å². The second-order valence-corrected chi connectivity index (χ2v) is 7.45. The van der Waals surface area contributed by atoms with Crippen molar-refractivity contribution in [2.24, 2.45) is 0 Å². The molecule has 0 bridgehead atoms. The van der Waals surface area contributed by atoms with Crippen LogP contribution in [-0.2, 0) is 18.9 Å². The lowest BCUT2D eigenvalue weighted by Gasteiger charge is -2.19. The predicted octanol–water partition coefficient (Wildman–Crippen LogP) is 2.82. The van der Waals surface area contributed by atoms with Gasteiger partial charge in [0.1, 0.15) is 10.5 Å². The van der Waals surface area contributed by atoms with Crippen LogP contribution in [0, 0.1) is 0 Å². The molecule has 154 valence electrons. The number of hydrogen-bond donors (Lipinski definition) is 1. The standard InChI is InChI=1S/C12H15NO5S.C5H13NO2/c1-12(2,3)18-11(16)13-8-5-7(6-14)19-9(8)10(15)17-4;1-6(2)5(7-3)8-4/h5-6H,1-4H3,(H,13,16);5H,1-4H3. The number of anilines is 1. The van der Waals surface area contributed by atoms with Crippen molar-refractivity contribution in [2.75, 3.05) is 40.7 Å². The van der Waals surface area contributed by atoms with E-state index >= 15 is 0 Å². The molecule has 10 heteroatoms. The third kappa shape index (κ3) is 9.48. The number of esters is 1. The summed E-state index contributed by atoms with van der Waals surface area (Å²) in [5.41, 5.74) is -0.452. The van der Waals surface area contributed by atoms with Crippen molar-refractivity contribution in [3.63, 3.8) is 0 Å². The van der Waals surface area contributed by atoms with Crippen LogP contribution >= 0.6 is 11.3 Å². The minimum Gasteiger partial charge on any atom is -0.465 e. The number of thiophene rings is 1. The fourth-order valence-corrected chi connectivity index (χ4v) is 2.58. The van der Waals surface area contributed by atoms with Crippen LogP contribution in [0.5, 0.6) is 0 Å². The normalized spacial score (nSPS) is 10.9. The highest BCUT2D eigenvalue weighted by Crippen LogP contribution is 2.27. The average Bonchev–Trinajstić information content (AvgIpc) is 2.96. The number of ether oxygens (including phenoxy) is 4. The van der Waals surface area contributed by atoms with Crippen molar-refractivity contribution in [1.29, 1.82) is 0 Å². The molecule has 0 atom stereocenters. The molecule has 1 amide bonds. The Hall–Kier alpha value is -2.01. The summed E-state index contributed by atoms with van der Waals surface area (Å²) in [6.45, 7) is 5.16. The molecule has 0 fully saturated rings. The fourth-order valence-electron chi connectivity index (χ4n) is 1.74. The summed E-state index contributed by atoms with van der Waals surface area (Å²) in [4.78, 5) is 36.1. The highest BCUT2D eigenvalue weighted by Gasteiger charge is 2.21. The molecule has 9 nitrogen and oxygen atoms in total. The van der Waals surface area contributed by atoms with E-state index in [1.807, 2.05) is 19.0 Å². The van der Waals surface area contributed by atoms with Gasteiger partial charge in [-0.2, -0.15) is 0 Å². The van der Waals surface area contributed by atoms with Crippen molar-refractivity contribution < 1.29 is 33.3 Å². The largest absolute Gasteiger partial charge is 0.465 e. The van der Waals surface area contributed by atoms with Gasteiger partial charge in [-0.1, -0.05) is 0 Å². The van der Waals surface area contributed by atoms with Crippen molar-refractivity contribution in [3.05, 3.63) is 15.8 Å². The first kappa shape index (κ1) is 25.0. The monoisotopic (exact) mass is 404 g/mol. The number of carbonyl (C=O) groups excluding carboxylic acids is 3. The Morgan fingerprint density at radius 1 is 1.19 bits per heavy atom. The predicted molar refractivity (Wildman–Crippen MR) is 102 cm³/mol. The Morgan fingerprint density at radius 2 is 1.74 bits per heavy atom. The molecule has 0 saturated carbocycles. The topological polar surface area (TPSA) is 103 Å². The van der Waals surface area contributed by atoms with E-state index in [0.717, 1.165) is 11.3 Å². The lowest BCUT2D eigenvalue weighted by Crippen LogP contribution is -2.30. The number of nitrogens with zero attached hydrogens (tertiary/aromatic N) is 1. The van der Waals surface area contributed by atoms with Crippen molar-refractivity contribution in [1.82, 2.24) is 4.90 Å². The van der Waals surface area contributed by atoms with Gasteiger partial charge in [0.15, 0.2) is 6.29 Å². The van der Waals surface area contributed by atoms with E-state index in [1.165, 1.54) is 13.2 Å². The highest BCUT2D eigenvalue weighted by atomic mass is 32.1. The maximum absolute atomic E-state index is 11.6. The van der Waals surface area contributed by atoms with Gasteiger partial charge in [0, 0.05) is 14.2 Å². The molecule has 1 N–H and O–H groups in total. The molecule has 0 aromatic carbocycles. The second-order valence-electron chi connectivity index (χ2n) is 6.37. The first-order valence-corrected chi connectivity index (χ1v) is 8.70. The van der Waals surface area contributed by atoms with Gasteiger partial charge in [-0.3, -0.25) is 15.0 Å². The van der Waals surface area contributed by atoms with Crippen LogP contribution in [0.4, 0.5) is 10.5 Å². The lowest BCUT2D eigenvalue weighted by atomic mass is 10.2. The molecule has 1 aromatic rings. The molecule has 0 aliphatic rings. The van der Waals surface area contributed by atoms with E-state index in [1.54, 1.807) is 35.0 Å². The summed E-state index contributed by atoms with van der Waals surface area (Å²) < 4.78 is 19.4. The maximum atomic E-state index is 11.6. The summed E-state index contributed by atoms with van der Waals surface area (Å²) in [7, 11) is 8.21. The zero-order valence-corrected chi connectivity index (χ0v) is 17.8. The first-order valence-electron chi connectivity index (χ1n) is 7.88. The van der Waals surface area contributed by atoms with Crippen LogP contribution < -0.4 is 5.32 Å². The summed E-state index contributed by atoms with van der Waals surface area (Å²) >= 11 is 0.939. The quantitative estimate of drug-likeness (QED) is 0.439. The summed E-state index contributed by atoms with van der Waals surface area (Å²) in [6.07, 6.45) is -0.319. The van der Waals surface area contributed by atoms with E-state index in [4.69, 9.17) is 14.2 Å². The summed E-state index contributed by atoms with van der Waals surface area (Å²) in [5, 5.41) is 2.43. The second kappa shape index (κ2) is 11.7. The third-order valence-electron chi connectivity index (χ3n) is 2.70. The first-order chi connectivity index (χ1) is 12.5. The minimum absolute atomic E-state index is 0.149. The van der Waals surface area contributed by atoms with Gasteiger partial charge in [0.2, 0.25) is 6.41 Å². The highest BCUT2D eigenvalue weighted by molar-refractivity contribution is 7.16. The molecule has 1 rings (SSSR count). The molecule has 0 saturated heterocycles. The number of methoxy groups -OCH3 is 3. The molecule has 0 aliphatic carbocycles. The number of nitrogens with one attached hydrogen (secondary N) is 1. The van der Waals surface area contributed by atoms with E-state index in [-0.39, 0.29) is 17.0 Å². The Labute approximate surface area is 163 Å². The maximum Gasteiger partial charge on any atom is 0.412 e. The minimum atomic E-state index is -0.701. The molecule has 1 heterocycles. The van der Waals surface area contributed by atoms with E-state index in [2.05, 4.69) is 10.1 Å². The smallest absolute Gasteiger partial charge is 0.412 e. The van der Waals surface area contributed by atoms with E-state index in [9.17, 15) is 14.4 Å². The summed E-state index contributed by atoms with van der Waals surface area (Å²) in [5.74, 6) is -0.621. The summed E-state index contributed by atoms with van der Waals surface area (Å²) in [6, 6.07) is 1.40. The van der Waals surface area contributed by atoms with Crippen molar-refractivity contribution in [2.45, 2.75) is 32.8 Å². The zero-order chi connectivity index (χ0) is 21.2. The molecular weight excluding hydrogens is 376 g/mol. The van der Waals surface area contributed by atoms with Gasteiger partial charge in [-0.25, -0.2) is 9.59 Å². The number of aldehydes is 1.